The van der Waals surface area contributed by atoms with Crippen LogP contribution in [0, 0.1) is 0 Å². The summed E-state index contributed by atoms with van der Waals surface area (Å²) in [6.45, 7) is 17.7. The molecule has 0 aromatic heterocycles. The zero-order valence-corrected chi connectivity index (χ0v) is 17.9. The largest absolute Gasteiger partial charge is 0.543 e. The maximum absolute atomic E-state index is 13.6. The first-order chi connectivity index (χ1) is 11.2. The zero-order chi connectivity index (χ0) is 19.7. The van der Waals surface area contributed by atoms with Gasteiger partial charge in [0.05, 0.1) is 6.20 Å². The number of hydrogen-bond donors (Lipinski definition) is 0. The van der Waals surface area contributed by atoms with E-state index in [1.807, 2.05) is 0 Å². The fraction of sp³-hybridized carbons (Fsp3) is 0.833. The second-order valence-electron chi connectivity index (χ2n) is 8.62. The van der Waals surface area contributed by atoms with Crippen LogP contribution >= 0.6 is 0 Å². The highest BCUT2D eigenvalue weighted by atomic mass is 28.4. The minimum Gasteiger partial charge on any atom is -0.543 e. The van der Waals surface area contributed by atoms with Crippen LogP contribution in [-0.2, 0) is 9.16 Å². The van der Waals surface area contributed by atoms with Crippen molar-refractivity contribution in [2.45, 2.75) is 97.0 Å². The van der Waals surface area contributed by atoms with E-state index in [-0.39, 0.29) is 22.4 Å². The van der Waals surface area contributed by atoms with Crippen LogP contribution in [0.5, 0.6) is 0 Å². The van der Waals surface area contributed by atoms with Crippen molar-refractivity contribution in [1.29, 1.82) is 0 Å². The molecule has 25 heavy (non-hydrogen) atoms. The lowest BCUT2D eigenvalue weighted by Gasteiger charge is -2.48. The molecule has 0 saturated carbocycles. The third kappa shape index (κ3) is 4.54. The van der Waals surface area contributed by atoms with Crippen LogP contribution in [0.15, 0.2) is 12.0 Å². The van der Waals surface area contributed by atoms with E-state index in [1.54, 1.807) is 20.8 Å². The van der Waals surface area contributed by atoms with E-state index in [9.17, 15) is 13.6 Å². The lowest BCUT2D eigenvalue weighted by Crippen LogP contribution is -2.56. The molecule has 7 heteroatoms. The highest BCUT2D eigenvalue weighted by Gasteiger charge is 2.52. The Hall–Kier alpha value is -1.11. The van der Waals surface area contributed by atoms with Crippen molar-refractivity contribution in [2.24, 2.45) is 0 Å². The first-order valence-corrected chi connectivity index (χ1v) is 11.1. The van der Waals surface area contributed by atoms with E-state index in [2.05, 4.69) is 41.5 Å². The Balaban J connectivity index is 3.11. The van der Waals surface area contributed by atoms with Gasteiger partial charge in [0, 0.05) is 0 Å². The number of carbonyl (C=O) groups excluding carboxylic acids is 1. The van der Waals surface area contributed by atoms with Gasteiger partial charge in [0.25, 0.3) is 14.7 Å². The molecule has 4 nitrogen and oxygen atoms in total. The van der Waals surface area contributed by atoms with Crippen LogP contribution in [0.3, 0.4) is 0 Å². The normalized spacial score (nSPS) is 18.8. The molecule has 0 aliphatic carbocycles. The van der Waals surface area contributed by atoms with Gasteiger partial charge in [-0.1, -0.05) is 41.5 Å². The molecule has 0 aromatic carbocycles. The van der Waals surface area contributed by atoms with Crippen LogP contribution in [-0.4, -0.2) is 37.4 Å². The van der Waals surface area contributed by atoms with Gasteiger partial charge < -0.3 is 9.16 Å². The van der Waals surface area contributed by atoms with E-state index < -0.39 is 32.5 Å². The summed E-state index contributed by atoms with van der Waals surface area (Å²) in [4.78, 5) is 13.1. The van der Waals surface area contributed by atoms with E-state index in [0.717, 1.165) is 4.90 Å². The molecule has 1 aliphatic heterocycles. The molecule has 0 saturated heterocycles. The Bertz CT molecular complexity index is 491. The van der Waals surface area contributed by atoms with E-state index in [4.69, 9.17) is 9.16 Å². The molecule has 1 rings (SSSR count). The number of halogens is 2. The summed E-state index contributed by atoms with van der Waals surface area (Å²) < 4.78 is 38.7. The van der Waals surface area contributed by atoms with Gasteiger partial charge in [0.2, 0.25) is 0 Å². The summed E-state index contributed by atoms with van der Waals surface area (Å²) in [6, 6.07) is -1.36. The predicted molar refractivity (Wildman–Crippen MR) is 98.1 cm³/mol. The summed E-state index contributed by atoms with van der Waals surface area (Å²) in [5.41, 5.74) is 0.0625. The van der Waals surface area contributed by atoms with Crippen molar-refractivity contribution in [3.8, 4) is 0 Å². The van der Waals surface area contributed by atoms with Gasteiger partial charge in [0.15, 0.2) is 6.04 Å². The van der Waals surface area contributed by atoms with E-state index >= 15 is 0 Å². The number of carbonyl (C=O) groups is 1. The number of hydrogen-bond acceptors (Lipinski definition) is 3. The van der Waals surface area contributed by atoms with Gasteiger partial charge in [-0.15, -0.1) is 0 Å². The number of rotatable bonds is 6. The summed E-state index contributed by atoms with van der Waals surface area (Å²) in [5.74, 6) is 0.212. The van der Waals surface area contributed by atoms with Gasteiger partial charge in [-0.05, 0) is 37.4 Å². The van der Waals surface area contributed by atoms with E-state index in [1.165, 1.54) is 6.20 Å². The minimum atomic E-state index is -2.72. The molecule has 1 unspecified atom stereocenters. The van der Waals surface area contributed by atoms with Crippen molar-refractivity contribution < 1.29 is 22.7 Å². The minimum absolute atomic E-state index is 0.212. The van der Waals surface area contributed by atoms with Gasteiger partial charge in [-0.3, -0.25) is 4.90 Å². The van der Waals surface area contributed by atoms with Crippen molar-refractivity contribution in [2.75, 3.05) is 0 Å². The number of ether oxygens (including phenoxy) is 1. The Morgan fingerprint density at radius 2 is 1.52 bits per heavy atom. The molecule has 1 aliphatic rings. The molecular weight excluding hydrogens is 344 g/mol. The van der Waals surface area contributed by atoms with E-state index in [0.29, 0.717) is 0 Å². The summed E-state index contributed by atoms with van der Waals surface area (Å²) >= 11 is 0. The third-order valence-electron chi connectivity index (χ3n) is 4.70. The first kappa shape index (κ1) is 21.9. The fourth-order valence-electron chi connectivity index (χ4n) is 3.72. The van der Waals surface area contributed by atoms with Gasteiger partial charge >= 0.3 is 6.09 Å². The molecular formula is C18H33F2NO3Si. The number of alkyl halides is 2. The average Bonchev–Trinajstić information content (AvgIpc) is 2.33. The van der Waals surface area contributed by atoms with Crippen LogP contribution in [0.4, 0.5) is 13.6 Å². The zero-order valence-electron chi connectivity index (χ0n) is 16.9. The maximum atomic E-state index is 13.6. The standard InChI is InChI=1S/C18H33F2NO3Si/c1-11(2)25(12(3)4,13(5)6)24-14-10-21(15(14)16(19)20)17(22)23-18(7,8)9/h10-13,15-16H,1-9H3. The SMILES string of the molecule is CC(C)[Si](OC1=CN(C(=O)OC(C)(C)C)C1C(F)F)(C(C)C)C(C)C. The van der Waals surface area contributed by atoms with Gasteiger partial charge in [0.1, 0.15) is 11.4 Å². The second-order valence-corrected chi connectivity index (χ2v) is 14.0. The Labute approximate surface area is 151 Å². The lowest BCUT2D eigenvalue weighted by molar-refractivity contribution is -0.0159. The Kier molecular flexibility index (Phi) is 6.70. The first-order valence-electron chi connectivity index (χ1n) is 8.94. The van der Waals surface area contributed by atoms with Crippen LogP contribution in [0.1, 0.15) is 62.3 Å². The van der Waals surface area contributed by atoms with Crippen molar-refractivity contribution in [3.63, 3.8) is 0 Å². The molecule has 0 bridgehead atoms. The predicted octanol–water partition coefficient (Wildman–Crippen LogP) is 5.90. The Morgan fingerprint density at radius 1 is 1.08 bits per heavy atom. The highest BCUT2D eigenvalue weighted by Crippen LogP contribution is 2.46. The molecule has 1 atom stereocenters. The smallest absolute Gasteiger partial charge is 0.415 e. The molecule has 1 heterocycles. The topological polar surface area (TPSA) is 38.8 Å². The molecule has 0 spiro atoms. The number of nitrogens with zero attached hydrogens (tertiary/aromatic N) is 1. The van der Waals surface area contributed by atoms with Gasteiger partial charge in [-0.25, -0.2) is 13.6 Å². The monoisotopic (exact) mass is 377 g/mol. The van der Waals surface area contributed by atoms with Crippen LogP contribution in [0.25, 0.3) is 0 Å². The second kappa shape index (κ2) is 7.64. The maximum Gasteiger partial charge on any atom is 0.415 e. The van der Waals surface area contributed by atoms with Crippen molar-refractivity contribution >= 4 is 14.4 Å². The van der Waals surface area contributed by atoms with Crippen molar-refractivity contribution in [1.82, 2.24) is 4.90 Å². The lowest BCUT2D eigenvalue weighted by atomic mass is 10.1. The van der Waals surface area contributed by atoms with Crippen LogP contribution in [0.2, 0.25) is 16.6 Å². The molecule has 0 aromatic rings. The molecule has 1 amide bonds. The Morgan fingerprint density at radius 3 is 1.84 bits per heavy atom. The molecule has 0 fully saturated rings. The summed E-state index contributed by atoms with van der Waals surface area (Å²) in [7, 11) is -2.34. The molecule has 0 N–H and O–H groups in total. The number of amides is 1. The quantitative estimate of drug-likeness (QED) is 0.541. The third-order valence-corrected chi connectivity index (χ3v) is 10.7. The summed E-state index contributed by atoms with van der Waals surface area (Å²) in [6.07, 6.45) is -2.11. The molecule has 146 valence electrons. The summed E-state index contributed by atoms with van der Waals surface area (Å²) in [5, 5.41) is 0. The van der Waals surface area contributed by atoms with Crippen LogP contribution < -0.4 is 0 Å². The average molecular weight is 378 g/mol. The van der Waals surface area contributed by atoms with Gasteiger partial charge in [-0.2, -0.15) is 0 Å². The fourth-order valence-corrected chi connectivity index (χ4v) is 9.01. The highest BCUT2D eigenvalue weighted by molar-refractivity contribution is 6.77. The molecule has 0 radical (unpaired) electrons. The van der Waals surface area contributed by atoms with Crippen molar-refractivity contribution in [3.05, 3.63) is 12.0 Å².